The van der Waals surface area contributed by atoms with Crippen molar-refractivity contribution in [2.45, 2.75) is 69.7 Å². The molecule has 3 rings (SSSR count). The van der Waals surface area contributed by atoms with Gasteiger partial charge in [-0.2, -0.15) is 0 Å². The number of carbonyl (C=O) groups is 1. The van der Waals surface area contributed by atoms with Crippen molar-refractivity contribution in [3.8, 4) is 0 Å². The molecule has 29 heavy (non-hydrogen) atoms. The zero-order chi connectivity index (χ0) is 20.9. The van der Waals surface area contributed by atoms with Crippen molar-refractivity contribution in [2.24, 2.45) is 5.92 Å². The second-order valence-electron chi connectivity index (χ2n) is 8.15. The van der Waals surface area contributed by atoms with E-state index in [9.17, 15) is 13.2 Å². The summed E-state index contributed by atoms with van der Waals surface area (Å²) < 4.78 is 33.3. The summed E-state index contributed by atoms with van der Waals surface area (Å²) in [4.78, 5) is 18.6. The number of ether oxygens (including phenoxy) is 1. The molecule has 1 saturated heterocycles. The quantitative estimate of drug-likeness (QED) is 0.645. The van der Waals surface area contributed by atoms with Crippen LogP contribution < -0.4 is 5.32 Å². The molecule has 0 bridgehead atoms. The molecule has 1 aliphatic heterocycles. The van der Waals surface area contributed by atoms with Gasteiger partial charge in [-0.1, -0.05) is 26.2 Å². The van der Waals surface area contributed by atoms with E-state index in [0.29, 0.717) is 32.7 Å². The minimum absolute atomic E-state index is 0.0341. The Morgan fingerprint density at radius 1 is 1.28 bits per heavy atom. The molecule has 8 nitrogen and oxygen atoms in total. The first-order chi connectivity index (χ1) is 14.0. The monoisotopic (exact) mass is 426 g/mol. The van der Waals surface area contributed by atoms with Crippen molar-refractivity contribution in [1.29, 1.82) is 0 Å². The predicted octanol–water partition coefficient (Wildman–Crippen LogP) is 1.59. The van der Waals surface area contributed by atoms with Crippen LogP contribution in [-0.4, -0.2) is 67.4 Å². The van der Waals surface area contributed by atoms with Gasteiger partial charge in [0.05, 0.1) is 30.3 Å². The van der Waals surface area contributed by atoms with Gasteiger partial charge in [-0.05, 0) is 25.2 Å². The summed E-state index contributed by atoms with van der Waals surface area (Å²) in [6.07, 6.45) is 7.74. The van der Waals surface area contributed by atoms with Gasteiger partial charge in [0.1, 0.15) is 0 Å². The lowest BCUT2D eigenvalue weighted by molar-refractivity contribution is -0.129. The first-order valence-corrected chi connectivity index (χ1v) is 12.4. The van der Waals surface area contributed by atoms with Crippen LogP contribution in [0.5, 0.6) is 0 Å². The van der Waals surface area contributed by atoms with Crippen LogP contribution >= 0.6 is 0 Å². The SMILES string of the molecule is CCC1C(=O)NCCN1Cc1cnc(S(=O)(=O)CC2CCCCC2)n1CCOC. The van der Waals surface area contributed by atoms with Crippen LogP contribution in [0, 0.1) is 5.92 Å². The molecule has 1 aliphatic carbocycles. The topological polar surface area (TPSA) is 93.5 Å². The number of amides is 1. The van der Waals surface area contributed by atoms with Crippen molar-refractivity contribution >= 4 is 15.7 Å². The molecule has 1 unspecified atom stereocenters. The van der Waals surface area contributed by atoms with Crippen LogP contribution in [-0.2, 0) is 32.5 Å². The van der Waals surface area contributed by atoms with Gasteiger partial charge in [-0.3, -0.25) is 9.69 Å². The molecule has 1 atom stereocenters. The van der Waals surface area contributed by atoms with Crippen molar-refractivity contribution in [3.63, 3.8) is 0 Å². The van der Waals surface area contributed by atoms with E-state index in [1.165, 1.54) is 6.42 Å². The molecule has 2 fully saturated rings. The van der Waals surface area contributed by atoms with E-state index in [2.05, 4.69) is 15.2 Å². The van der Waals surface area contributed by atoms with Gasteiger partial charge in [0, 0.05) is 33.3 Å². The smallest absolute Gasteiger partial charge is 0.237 e. The zero-order valence-corrected chi connectivity index (χ0v) is 18.4. The number of imidazole rings is 1. The van der Waals surface area contributed by atoms with E-state index in [1.54, 1.807) is 17.9 Å². The van der Waals surface area contributed by atoms with Crippen molar-refractivity contribution in [1.82, 2.24) is 19.8 Å². The van der Waals surface area contributed by atoms with E-state index in [0.717, 1.165) is 37.9 Å². The number of hydrogen-bond acceptors (Lipinski definition) is 6. The third-order valence-electron chi connectivity index (χ3n) is 6.07. The summed E-state index contributed by atoms with van der Waals surface area (Å²) in [6, 6.07) is -0.197. The Balaban J connectivity index is 1.83. The number of carbonyl (C=O) groups excluding carboxylic acids is 1. The van der Waals surface area contributed by atoms with Crippen LogP contribution in [0.15, 0.2) is 11.4 Å². The number of methoxy groups -OCH3 is 1. The zero-order valence-electron chi connectivity index (χ0n) is 17.6. The second-order valence-corrected chi connectivity index (χ2v) is 10.1. The van der Waals surface area contributed by atoms with Crippen molar-refractivity contribution in [2.75, 3.05) is 32.6 Å². The summed E-state index contributed by atoms with van der Waals surface area (Å²) in [5.41, 5.74) is 0.817. The van der Waals surface area contributed by atoms with Crippen LogP contribution in [0.4, 0.5) is 0 Å². The summed E-state index contributed by atoms with van der Waals surface area (Å²) in [5.74, 6) is 0.423. The highest BCUT2D eigenvalue weighted by Crippen LogP contribution is 2.27. The molecule has 0 aromatic carbocycles. The van der Waals surface area contributed by atoms with Crippen LogP contribution in [0.25, 0.3) is 0 Å². The molecule has 1 amide bonds. The number of hydrogen-bond donors (Lipinski definition) is 1. The number of nitrogens with one attached hydrogen (secondary N) is 1. The number of aromatic nitrogens is 2. The fourth-order valence-electron chi connectivity index (χ4n) is 4.53. The maximum Gasteiger partial charge on any atom is 0.237 e. The number of piperazine rings is 1. The van der Waals surface area contributed by atoms with Crippen LogP contribution in [0.1, 0.15) is 51.1 Å². The van der Waals surface area contributed by atoms with Gasteiger partial charge in [-0.15, -0.1) is 0 Å². The number of sulfone groups is 1. The fraction of sp³-hybridized carbons (Fsp3) is 0.800. The Labute approximate surface area is 173 Å². The second kappa shape index (κ2) is 10.0. The van der Waals surface area contributed by atoms with Crippen LogP contribution in [0.3, 0.4) is 0 Å². The average Bonchev–Trinajstić information content (AvgIpc) is 3.10. The normalized spacial score (nSPS) is 22.0. The van der Waals surface area contributed by atoms with Crippen molar-refractivity contribution in [3.05, 3.63) is 11.9 Å². The first-order valence-electron chi connectivity index (χ1n) is 10.7. The Kier molecular flexibility index (Phi) is 7.70. The van der Waals surface area contributed by atoms with E-state index in [-0.39, 0.29) is 28.8 Å². The summed E-state index contributed by atoms with van der Waals surface area (Å²) in [7, 11) is -1.87. The number of rotatable bonds is 9. The van der Waals surface area contributed by atoms with Gasteiger partial charge in [-0.25, -0.2) is 13.4 Å². The maximum absolute atomic E-state index is 13.2. The van der Waals surface area contributed by atoms with Gasteiger partial charge < -0.3 is 14.6 Å². The fourth-order valence-corrected chi connectivity index (χ4v) is 6.39. The highest BCUT2D eigenvalue weighted by Gasteiger charge is 2.31. The average molecular weight is 427 g/mol. The van der Waals surface area contributed by atoms with E-state index in [4.69, 9.17) is 4.74 Å². The Hall–Kier alpha value is -1.45. The molecule has 0 spiro atoms. The lowest BCUT2D eigenvalue weighted by Crippen LogP contribution is -2.54. The van der Waals surface area contributed by atoms with Gasteiger partial charge in [0.25, 0.3) is 0 Å². The van der Waals surface area contributed by atoms with E-state index in [1.807, 2.05) is 6.92 Å². The summed E-state index contributed by atoms with van der Waals surface area (Å²) >= 11 is 0. The molecule has 0 radical (unpaired) electrons. The van der Waals surface area contributed by atoms with Crippen molar-refractivity contribution < 1.29 is 17.9 Å². The van der Waals surface area contributed by atoms with Gasteiger partial charge in [0.2, 0.25) is 20.9 Å². The highest BCUT2D eigenvalue weighted by atomic mass is 32.2. The standard InChI is InChI=1S/C20H34N4O4S/c1-3-18-19(25)21-9-10-23(18)14-17-13-22-20(24(17)11-12-28-2)29(26,27)15-16-7-5-4-6-8-16/h13,16,18H,3-12,14-15H2,1-2H3,(H,21,25). The Morgan fingerprint density at radius 2 is 2.03 bits per heavy atom. The minimum Gasteiger partial charge on any atom is -0.383 e. The minimum atomic E-state index is -3.47. The molecule has 164 valence electrons. The largest absolute Gasteiger partial charge is 0.383 e. The third-order valence-corrected chi connectivity index (χ3v) is 7.86. The predicted molar refractivity (Wildman–Crippen MR) is 110 cm³/mol. The summed E-state index contributed by atoms with van der Waals surface area (Å²) in [5, 5.41) is 3.05. The molecule has 2 heterocycles. The molecule has 9 heteroatoms. The molecular formula is C20H34N4O4S. The maximum atomic E-state index is 13.2. The molecule has 1 aromatic rings. The van der Waals surface area contributed by atoms with Gasteiger partial charge in [0.15, 0.2) is 0 Å². The van der Waals surface area contributed by atoms with E-state index < -0.39 is 9.84 Å². The van der Waals surface area contributed by atoms with Gasteiger partial charge >= 0.3 is 0 Å². The first kappa shape index (κ1) is 22.2. The lowest BCUT2D eigenvalue weighted by Gasteiger charge is -2.34. The molecule has 1 N–H and O–H groups in total. The Morgan fingerprint density at radius 3 is 2.72 bits per heavy atom. The van der Waals surface area contributed by atoms with Crippen LogP contribution in [0.2, 0.25) is 0 Å². The highest BCUT2D eigenvalue weighted by molar-refractivity contribution is 7.91. The molecular weight excluding hydrogens is 392 g/mol. The molecule has 1 saturated carbocycles. The summed E-state index contributed by atoms with van der Waals surface area (Å²) in [6.45, 7) is 4.68. The number of nitrogens with zero attached hydrogens (tertiary/aromatic N) is 3. The molecule has 1 aromatic heterocycles. The van der Waals surface area contributed by atoms with E-state index >= 15 is 0 Å². The third kappa shape index (κ3) is 5.38. The Bertz CT molecular complexity index is 786. The molecule has 2 aliphatic rings. The lowest BCUT2D eigenvalue weighted by atomic mass is 9.91.